The fraction of sp³-hybridized carbons (Fsp3) is 0.500. The number of ether oxygens (including phenoxy) is 3. The van der Waals surface area contributed by atoms with Gasteiger partial charge in [0.25, 0.3) is 0 Å². The maximum atomic E-state index is 6.09. The van der Waals surface area contributed by atoms with Gasteiger partial charge in [0, 0.05) is 18.7 Å². The molecule has 2 aromatic rings. The molecule has 3 rings (SSSR count). The number of nitrogen functional groups attached to an aromatic ring is 1. The van der Waals surface area contributed by atoms with E-state index in [-0.39, 0.29) is 12.1 Å². The minimum atomic E-state index is 0.128. The Bertz CT molecular complexity index is 638. The van der Waals surface area contributed by atoms with E-state index in [0.717, 1.165) is 24.1 Å². The third-order valence-corrected chi connectivity index (χ3v) is 3.89. The minimum absolute atomic E-state index is 0.128. The van der Waals surface area contributed by atoms with Gasteiger partial charge in [-0.2, -0.15) is 0 Å². The quantitative estimate of drug-likeness (QED) is 0.929. The van der Waals surface area contributed by atoms with Crippen molar-refractivity contribution in [3.05, 3.63) is 12.1 Å². The molecule has 0 radical (unpaired) electrons. The molecule has 6 nitrogen and oxygen atoms in total. The molecular formula is C14H19N3O3. The molecule has 1 aliphatic rings. The molecular weight excluding hydrogens is 258 g/mol. The highest BCUT2D eigenvalue weighted by atomic mass is 16.5. The van der Waals surface area contributed by atoms with Crippen LogP contribution in [0.4, 0.5) is 5.95 Å². The van der Waals surface area contributed by atoms with E-state index in [1.165, 1.54) is 0 Å². The molecule has 2 N–H and O–H groups in total. The van der Waals surface area contributed by atoms with Crippen LogP contribution in [0.1, 0.15) is 19.4 Å². The summed E-state index contributed by atoms with van der Waals surface area (Å²) in [6.07, 6.45) is 1.06. The molecule has 0 amide bonds. The Kier molecular flexibility index (Phi) is 3.17. The van der Waals surface area contributed by atoms with Gasteiger partial charge in [-0.3, -0.25) is 0 Å². The molecule has 0 aliphatic carbocycles. The lowest BCUT2D eigenvalue weighted by atomic mass is 10.1. The van der Waals surface area contributed by atoms with Crippen LogP contribution in [0.15, 0.2) is 12.1 Å². The van der Waals surface area contributed by atoms with Gasteiger partial charge in [-0.25, -0.2) is 4.98 Å². The van der Waals surface area contributed by atoms with Gasteiger partial charge in [-0.1, -0.05) is 0 Å². The Morgan fingerprint density at radius 3 is 2.60 bits per heavy atom. The van der Waals surface area contributed by atoms with Crippen molar-refractivity contribution < 1.29 is 14.2 Å². The van der Waals surface area contributed by atoms with Crippen molar-refractivity contribution in [1.82, 2.24) is 9.55 Å². The van der Waals surface area contributed by atoms with Crippen molar-refractivity contribution in [3.8, 4) is 11.5 Å². The number of benzene rings is 1. The second kappa shape index (κ2) is 4.86. The number of hydrogen-bond donors (Lipinski definition) is 1. The van der Waals surface area contributed by atoms with Crippen molar-refractivity contribution in [1.29, 1.82) is 0 Å². The SMILES string of the molecule is COc1cc2nc(N)n(C3CCOC3C)c2cc1OC. The van der Waals surface area contributed by atoms with Crippen molar-refractivity contribution in [2.24, 2.45) is 0 Å². The van der Waals surface area contributed by atoms with Crippen molar-refractivity contribution >= 4 is 17.0 Å². The summed E-state index contributed by atoms with van der Waals surface area (Å²) in [6, 6.07) is 3.97. The number of nitrogens with zero attached hydrogens (tertiary/aromatic N) is 2. The van der Waals surface area contributed by atoms with Crippen molar-refractivity contribution in [2.45, 2.75) is 25.5 Å². The first-order valence-corrected chi connectivity index (χ1v) is 6.66. The lowest BCUT2D eigenvalue weighted by Gasteiger charge is -2.18. The Morgan fingerprint density at radius 1 is 1.30 bits per heavy atom. The van der Waals surface area contributed by atoms with Gasteiger partial charge in [0.05, 0.1) is 37.4 Å². The minimum Gasteiger partial charge on any atom is -0.493 e. The van der Waals surface area contributed by atoms with Gasteiger partial charge >= 0.3 is 0 Å². The second-order valence-corrected chi connectivity index (χ2v) is 4.97. The summed E-state index contributed by atoms with van der Waals surface area (Å²) in [6.45, 7) is 2.81. The number of anilines is 1. The molecule has 2 heterocycles. The van der Waals surface area contributed by atoms with E-state index in [1.54, 1.807) is 14.2 Å². The number of nitrogens with two attached hydrogens (primary N) is 1. The third kappa shape index (κ3) is 1.87. The van der Waals surface area contributed by atoms with Crippen LogP contribution in [-0.4, -0.2) is 36.5 Å². The molecule has 2 unspecified atom stereocenters. The maximum absolute atomic E-state index is 6.09. The monoisotopic (exact) mass is 277 g/mol. The van der Waals surface area contributed by atoms with Gasteiger partial charge < -0.3 is 24.5 Å². The highest BCUT2D eigenvalue weighted by Crippen LogP contribution is 2.37. The highest BCUT2D eigenvalue weighted by Gasteiger charge is 2.29. The smallest absolute Gasteiger partial charge is 0.201 e. The Morgan fingerprint density at radius 2 is 2.00 bits per heavy atom. The number of hydrogen-bond acceptors (Lipinski definition) is 5. The molecule has 0 bridgehead atoms. The zero-order valence-corrected chi connectivity index (χ0v) is 11.9. The molecule has 20 heavy (non-hydrogen) atoms. The van der Waals surface area contributed by atoms with Gasteiger partial charge in [-0.05, 0) is 13.3 Å². The predicted octanol–water partition coefficient (Wildman–Crippen LogP) is 1.99. The van der Waals surface area contributed by atoms with Crippen LogP contribution < -0.4 is 15.2 Å². The summed E-state index contributed by atoms with van der Waals surface area (Å²) < 4.78 is 18.3. The predicted molar refractivity (Wildman–Crippen MR) is 76.3 cm³/mol. The molecule has 6 heteroatoms. The zero-order valence-electron chi connectivity index (χ0n) is 11.9. The molecule has 1 fully saturated rings. The van der Waals surface area contributed by atoms with Gasteiger partial charge in [0.2, 0.25) is 5.95 Å². The third-order valence-electron chi connectivity index (χ3n) is 3.89. The topological polar surface area (TPSA) is 71.5 Å². The molecule has 0 spiro atoms. The van der Waals surface area contributed by atoms with E-state index in [9.17, 15) is 0 Å². The standard InChI is InChI=1S/C14H19N3O3/c1-8-10(4-5-20-8)17-11-7-13(19-3)12(18-2)6-9(11)16-14(17)15/h6-8,10H,4-5H2,1-3H3,(H2,15,16). The van der Waals surface area contributed by atoms with Crippen LogP contribution in [0.5, 0.6) is 11.5 Å². The van der Waals surface area contributed by atoms with Gasteiger partial charge in [0.15, 0.2) is 11.5 Å². The van der Waals surface area contributed by atoms with Crippen LogP contribution in [0.25, 0.3) is 11.0 Å². The first-order valence-electron chi connectivity index (χ1n) is 6.66. The van der Waals surface area contributed by atoms with Crippen LogP contribution in [-0.2, 0) is 4.74 Å². The van der Waals surface area contributed by atoms with Gasteiger partial charge in [0.1, 0.15) is 0 Å². The molecule has 2 atom stereocenters. The second-order valence-electron chi connectivity index (χ2n) is 4.97. The maximum Gasteiger partial charge on any atom is 0.201 e. The summed E-state index contributed by atoms with van der Waals surface area (Å²) in [5, 5.41) is 0. The van der Waals surface area contributed by atoms with Crippen LogP contribution in [0.2, 0.25) is 0 Å². The summed E-state index contributed by atoms with van der Waals surface area (Å²) in [5.41, 5.74) is 7.84. The molecule has 0 saturated carbocycles. The first-order chi connectivity index (χ1) is 9.65. The van der Waals surface area contributed by atoms with E-state index in [0.29, 0.717) is 17.4 Å². The number of methoxy groups -OCH3 is 2. The number of imidazole rings is 1. The molecule has 1 aromatic carbocycles. The molecule has 1 aromatic heterocycles. The molecule has 1 saturated heterocycles. The fourth-order valence-corrected chi connectivity index (χ4v) is 2.85. The van der Waals surface area contributed by atoms with Crippen LogP contribution in [0, 0.1) is 0 Å². The zero-order chi connectivity index (χ0) is 14.3. The van der Waals surface area contributed by atoms with E-state index in [1.807, 2.05) is 16.7 Å². The van der Waals surface area contributed by atoms with E-state index in [2.05, 4.69) is 11.9 Å². The number of aromatic nitrogens is 2. The first kappa shape index (κ1) is 13.1. The van der Waals surface area contributed by atoms with Crippen molar-refractivity contribution in [2.75, 3.05) is 26.6 Å². The lowest BCUT2D eigenvalue weighted by Crippen LogP contribution is -2.18. The van der Waals surface area contributed by atoms with Crippen LogP contribution in [0.3, 0.4) is 0 Å². The Hall–Kier alpha value is -1.95. The van der Waals surface area contributed by atoms with E-state index >= 15 is 0 Å². The average molecular weight is 277 g/mol. The summed E-state index contributed by atoms with van der Waals surface area (Å²) in [4.78, 5) is 4.43. The Labute approximate surface area is 117 Å². The largest absolute Gasteiger partial charge is 0.493 e. The summed E-state index contributed by atoms with van der Waals surface area (Å²) >= 11 is 0. The fourth-order valence-electron chi connectivity index (χ4n) is 2.85. The van der Waals surface area contributed by atoms with E-state index < -0.39 is 0 Å². The lowest BCUT2D eigenvalue weighted by molar-refractivity contribution is 0.109. The Balaban J connectivity index is 2.19. The van der Waals surface area contributed by atoms with E-state index in [4.69, 9.17) is 19.9 Å². The normalized spacial score (nSPS) is 22.4. The summed E-state index contributed by atoms with van der Waals surface area (Å²) in [7, 11) is 3.23. The number of rotatable bonds is 3. The van der Waals surface area contributed by atoms with Gasteiger partial charge in [-0.15, -0.1) is 0 Å². The average Bonchev–Trinajstić information content (AvgIpc) is 2.99. The summed E-state index contributed by atoms with van der Waals surface area (Å²) in [5.74, 6) is 1.82. The van der Waals surface area contributed by atoms with Crippen molar-refractivity contribution in [3.63, 3.8) is 0 Å². The van der Waals surface area contributed by atoms with Crippen LogP contribution >= 0.6 is 0 Å². The molecule has 1 aliphatic heterocycles. The highest BCUT2D eigenvalue weighted by molar-refractivity contribution is 5.82. The number of fused-ring (bicyclic) bond motifs is 1. The molecule has 108 valence electrons.